The van der Waals surface area contributed by atoms with Crippen LogP contribution >= 0.6 is 0 Å². The summed E-state index contributed by atoms with van der Waals surface area (Å²) in [4.78, 5) is 0. The third-order valence-corrected chi connectivity index (χ3v) is 3.21. The molecule has 4 heteroatoms. The van der Waals surface area contributed by atoms with E-state index in [1.54, 1.807) is 14.2 Å². The molecule has 0 atom stereocenters. The molecule has 0 aliphatic carbocycles. The lowest BCUT2D eigenvalue weighted by molar-refractivity contribution is -0.524. The van der Waals surface area contributed by atoms with Crippen molar-refractivity contribution in [3.63, 3.8) is 0 Å². The highest BCUT2D eigenvalue weighted by Gasteiger charge is 2.01. The second-order valence-corrected chi connectivity index (χ2v) is 4.68. The zero-order valence-electron chi connectivity index (χ0n) is 13.2. The molecule has 0 spiro atoms. The van der Waals surface area contributed by atoms with Crippen molar-refractivity contribution in [3.05, 3.63) is 59.7 Å². The molecule has 0 saturated heterocycles. The van der Waals surface area contributed by atoms with Crippen LogP contribution in [-0.4, -0.2) is 37.9 Å². The van der Waals surface area contributed by atoms with Crippen molar-refractivity contribution in [3.8, 4) is 11.5 Å². The zero-order valence-corrected chi connectivity index (χ0v) is 13.2. The molecule has 2 aromatic rings. The van der Waals surface area contributed by atoms with Gasteiger partial charge in [-0.1, -0.05) is 4.68 Å². The summed E-state index contributed by atoms with van der Waals surface area (Å²) in [6.07, 6.45) is 3.84. The Morgan fingerprint density at radius 3 is 1.82 bits per heavy atom. The van der Waals surface area contributed by atoms with Crippen LogP contribution < -0.4 is 9.47 Å². The number of benzene rings is 2. The molecule has 0 fully saturated rings. The van der Waals surface area contributed by atoms with Crippen LogP contribution in [0.3, 0.4) is 0 Å². The molecule has 0 amide bonds. The molecule has 4 nitrogen and oxygen atoms in total. The standard InChI is InChI=1S/C18H21N2O2/c1-4-20(14-16-7-11-18(22-3)12-8-16)19-13-15-5-9-17(21-2)10-6-15/h5-14H,4H2,1-3H3/q+1. The molecule has 2 rings (SSSR count). The highest BCUT2D eigenvalue weighted by atomic mass is 16.5. The van der Waals surface area contributed by atoms with Crippen LogP contribution in [0.5, 0.6) is 11.5 Å². The first kappa shape index (κ1) is 15.8. The van der Waals surface area contributed by atoms with Crippen molar-refractivity contribution in [2.75, 3.05) is 20.8 Å². The topological polar surface area (TPSA) is 33.8 Å². The van der Waals surface area contributed by atoms with Gasteiger partial charge in [-0.15, -0.1) is 0 Å². The van der Waals surface area contributed by atoms with E-state index < -0.39 is 0 Å². The summed E-state index contributed by atoms with van der Waals surface area (Å²) in [5, 5.41) is 4.49. The predicted octanol–water partition coefficient (Wildman–Crippen LogP) is 3.19. The Labute approximate surface area is 131 Å². The maximum absolute atomic E-state index is 5.16. The van der Waals surface area contributed by atoms with Crippen molar-refractivity contribution in [2.45, 2.75) is 6.92 Å². The molecule has 0 heterocycles. The first-order chi connectivity index (χ1) is 10.7. The molecule has 2 aromatic carbocycles. The number of ether oxygens (including phenoxy) is 2. The van der Waals surface area contributed by atoms with E-state index in [1.807, 2.05) is 65.6 Å². The molecular formula is C18H21N2O2+. The van der Waals surface area contributed by atoms with Gasteiger partial charge in [0.2, 0.25) is 6.21 Å². The molecule has 22 heavy (non-hydrogen) atoms. The van der Waals surface area contributed by atoms with Crippen LogP contribution in [0.4, 0.5) is 0 Å². The third-order valence-electron chi connectivity index (χ3n) is 3.21. The first-order valence-corrected chi connectivity index (χ1v) is 7.18. The predicted molar refractivity (Wildman–Crippen MR) is 89.5 cm³/mol. The smallest absolute Gasteiger partial charge is 0.203 e. The van der Waals surface area contributed by atoms with Gasteiger partial charge in [0, 0.05) is 5.56 Å². The summed E-state index contributed by atoms with van der Waals surface area (Å²) in [6, 6.07) is 15.7. The van der Waals surface area contributed by atoms with Gasteiger partial charge in [-0.25, -0.2) is 0 Å². The van der Waals surface area contributed by atoms with Crippen molar-refractivity contribution >= 4 is 12.4 Å². The second kappa shape index (κ2) is 7.98. The molecule has 0 bridgehead atoms. The molecule has 0 aliphatic rings. The lowest BCUT2D eigenvalue weighted by Gasteiger charge is -1.99. The van der Waals surface area contributed by atoms with E-state index in [4.69, 9.17) is 9.47 Å². The average molecular weight is 297 g/mol. The summed E-state index contributed by atoms with van der Waals surface area (Å²) in [5.74, 6) is 1.69. The van der Waals surface area contributed by atoms with Crippen LogP contribution in [0.15, 0.2) is 53.6 Å². The van der Waals surface area contributed by atoms with Crippen molar-refractivity contribution in [2.24, 2.45) is 5.10 Å². The van der Waals surface area contributed by atoms with Crippen LogP contribution in [0, 0.1) is 0 Å². The van der Waals surface area contributed by atoms with E-state index in [2.05, 4.69) is 12.0 Å². The van der Waals surface area contributed by atoms with Crippen molar-refractivity contribution in [1.82, 2.24) is 0 Å². The summed E-state index contributed by atoms with van der Waals surface area (Å²) in [5.41, 5.74) is 2.11. The first-order valence-electron chi connectivity index (χ1n) is 7.18. The Bertz CT molecular complexity index is 644. The largest absolute Gasteiger partial charge is 0.497 e. The maximum atomic E-state index is 5.16. The van der Waals surface area contributed by atoms with Crippen LogP contribution in [-0.2, 0) is 0 Å². The lowest BCUT2D eigenvalue weighted by atomic mass is 10.2. The van der Waals surface area contributed by atoms with E-state index in [1.165, 1.54) is 0 Å². The molecule has 0 aromatic heterocycles. The Kier molecular flexibility index (Phi) is 5.72. The Morgan fingerprint density at radius 1 is 0.864 bits per heavy atom. The van der Waals surface area contributed by atoms with E-state index in [9.17, 15) is 0 Å². The van der Waals surface area contributed by atoms with Crippen LogP contribution in [0.1, 0.15) is 18.1 Å². The van der Waals surface area contributed by atoms with E-state index in [0.717, 1.165) is 29.2 Å². The lowest BCUT2D eigenvalue weighted by Crippen LogP contribution is -2.06. The number of hydrogen-bond acceptors (Lipinski definition) is 3. The highest BCUT2D eigenvalue weighted by Crippen LogP contribution is 2.11. The quantitative estimate of drug-likeness (QED) is 0.466. The van der Waals surface area contributed by atoms with Gasteiger partial charge in [0.05, 0.1) is 14.2 Å². The molecule has 0 unspecified atom stereocenters. The number of hydrazone groups is 1. The van der Waals surface area contributed by atoms with Gasteiger partial charge in [0.25, 0.3) is 0 Å². The molecular weight excluding hydrogens is 276 g/mol. The van der Waals surface area contributed by atoms with Gasteiger partial charge in [0.1, 0.15) is 17.7 Å². The second-order valence-electron chi connectivity index (χ2n) is 4.68. The zero-order chi connectivity index (χ0) is 15.8. The third kappa shape index (κ3) is 4.45. The summed E-state index contributed by atoms with van der Waals surface area (Å²) < 4.78 is 12.2. The van der Waals surface area contributed by atoms with E-state index >= 15 is 0 Å². The van der Waals surface area contributed by atoms with Crippen molar-refractivity contribution in [1.29, 1.82) is 0 Å². The molecule has 0 N–H and O–H groups in total. The minimum atomic E-state index is 0.790. The molecule has 0 saturated carbocycles. The van der Waals surface area contributed by atoms with Gasteiger partial charge in [-0.3, -0.25) is 0 Å². The maximum Gasteiger partial charge on any atom is 0.203 e. The number of rotatable bonds is 6. The van der Waals surface area contributed by atoms with Gasteiger partial charge in [-0.05, 0) is 66.1 Å². The minimum absolute atomic E-state index is 0.790. The molecule has 114 valence electrons. The SMILES string of the molecule is CC[N+](=Cc1ccc(OC)cc1)N=Cc1ccc(OC)cc1. The van der Waals surface area contributed by atoms with E-state index in [0.29, 0.717) is 0 Å². The summed E-state index contributed by atoms with van der Waals surface area (Å²) in [7, 11) is 3.32. The molecule has 0 radical (unpaired) electrons. The number of nitrogens with zero attached hydrogens (tertiary/aromatic N) is 2. The highest BCUT2D eigenvalue weighted by molar-refractivity contribution is 5.80. The Balaban J connectivity index is 2.12. The van der Waals surface area contributed by atoms with Gasteiger partial charge >= 0.3 is 0 Å². The van der Waals surface area contributed by atoms with Gasteiger partial charge in [-0.2, -0.15) is 0 Å². The fraction of sp³-hybridized carbons (Fsp3) is 0.222. The molecule has 0 aliphatic heterocycles. The minimum Gasteiger partial charge on any atom is -0.497 e. The van der Waals surface area contributed by atoms with Crippen LogP contribution in [0.25, 0.3) is 0 Å². The fourth-order valence-corrected chi connectivity index (χ4v) is 1.90. The van der Waals surface area contributed by atoms with Crippen LogP contribution in [0.2, 0.25) is 0 Å². The van der Waals surface area contributed by atoms with Crippen molar-refractivity contribution < 1.29 is 14.2 Å². The van der Waals surface area contributed by atoms with Gasteiger partial charge < -0.3 is 9.47 Å². The normalized spacial score (nSPS) is 11.7. The van der Waals surface area contributed by atoms with E-state index in [-0.39, 0.29) is 0 Å². The Morgan fingerprint density at radius 2 is 1.36 bits per heavy atom. The number of hydrogen-bond donors (Lipinski definition) is 0. The fourth-order valence-electron chi connectivity index (χ4n) is 1.90. The van der Waals surface area contributed by atoms with Gasteiger partial charge in [0.15, 0.2) is 6.54 Å². The number of methoxy groups -OCH3 is 2. The summed E-state index contributed by atoms with van der Waals surface area (Å²) in [6.45, 7) is 2.85. The summed E-state index contributed by atoms with van der Waals surface area (Å²) >= 11 is 0. The Hall–Kier alpha value is -2.62. The monoisotopic (exact) mass is 297 g/mol. The average Bonchev–Trinajstić information content (AvgIpc) is 2.59.